The second kappa shape index (κ2) is 11.9. The SMILES string of the molecule is CN(C(=O)C(N)C(=O)Oc1cccc(OC(F)(F)F)c1)c1ccccc1COC1=Cc2cc(Cl)ccc2NC1(C)Cl. The quantitative estimate of drug-likeness (QED) is 0.105. The zero-order valence-electron chi connectivity index (χ0n) is 21.7. The van der Waals surface area contributed by atoms with Gasteiger partial charge in [-0.1, -0.05) is 47.5 Å². The Morgan fingerprint density at radius 3 is 2.51 bits per heavy atom. The standard InChI is InChI=1S/C28H24Cl2F3N3O5/c1-27(30)23(13-17-12-18(29)10-11-21(17)35-27)39-15-16-6-3-4-9-22(16)36(2)25(37)24(34)26(38)40-19-7-5-8-20(14-19)41-28(31,32)33/h3-14,24,35H,15,34H2,1-2H3. The highest BCUT2D eigenvalue weighted by Crippen LogP contribution is 2.38. The van der Waals surface area contributed by atoms with Gasteiger partial charge in [-0.05, 0) is 49.4 Å². The average molecular weight is 610 g/mol. The van der Waals surface area contributed by atoms with Gasteiger partial charge in [0.15, 0.2) is 11.0 Å². The number of hydrogen-bond acceptors (Lipinski definition) is 7. The second-order valence-electron chi connectivity index (χ2n) is 9.10. The third-order valence-corrected chi connectivity index (χ3v) is 6.49. The van der Waals surface area contributed by atoms with E-state index in [0.29, 0.717) is 22.0 Å². The van der Waals surface area contributed by atoms with Gasteiger partial charge >= 0.3 is 12.3 Å². The number of anilines is 2. The predicted molar refractivity (Wildman–Crippen MR) is 149 cm³/mol. The summed E-state index contributed by atoms with van der Waals surface area (Å²) in [6.45, 7) is 1.74. The van der Waals surface area contributed by atoms with Gasteiger partial charge in [0.1, 0.15) is 23.9 Å². The number of likely N-dealkylation sites (N-methyl/N-ethyl adjacent to an activating group) is 1. The largest absolute Gasteiger partial charge is 0.573 e. The summed E-state index contributed by atoms with van der Waals surface area (Å²) in [5.74, 6) is -2.47. The first-order valence-electron chi connectivity index (χ1n) is 12.0. The lowest BCUT2D eigenvalue weighted by Gasteiger charge is -2.33. The first-order valence-corrected chi connectivity index (χ1v) is 12.8. The van der Waals surface area contributed by atoms with Crippen molar-refractivity contribution in [1.29, 1.82) is 0 Å². The number of ether oxygens (including phenoxy) is 3. The van der Waals surface area contributed by atoms with E-state index in [1.54, 1.807) is 49.4 Å². The van der Waals surface area contributed by atoms with Crippen LogP contribution in [-0.4, -0.2) is 36.3 Å². The molecular formula is C28H24Cl2F3N3O5. The molecule has 8 nitrogen and oxygen atoms in total. The molecule has 0 radical (unpaired) electrons. The molecule has 0 saturated carbocycles. The van der Waals surface area contributed by atoms with E-state index in [1.165, 1.54) is 19.2 Å². The van der Waals surface area contributed by atoms with Crippen LogP contribution in [0.3, 0.4) is 0 Å². The summed E-state index contributed by atoms with van der Waals surface area (Å²) in [6.07, 6.45) is -3.16. The van der Waals surface area contributed by atoms with Crippen LogP contribution in [0.15, 0.2) is 72.5 Å². The maximum Gasteiger partial charge on any atom is 0.573 e. The maximum atomic E-state index is 13.1. The van der Waals surface area contributed by atoms with Crippen LogP contribution in [0.2, 0.25) is 5.02 Å². The number of nitrogens with zero attached hydrogens (tertiary/aromatic N) is 1. The van der Waals surface area contributed by atoms with Crippen LogP contribution in [0.4, 0.5) is 24.5 Å². The van der Waals surface area contributed by atoms with Crippen LogP contribution in [-0.2, 0) is 20.9 Å². The number of fused-ring (bicyclic) bond motifs is 1. The summed E-state index contributed by atoms with van der Waals surface area (Å²) >= 11 is 12.8. The van der Waals surface area contributed by atoms with Gasteiger partial charge in [-0.15, -0.1) is 13.2 Å². The van der Waals surface area contributed by atoms with Gasteiger partial charge in [0.05, 0.1) is 0 Å². The zero-order valence-corrected chi connectivity index (χ0v) is 23.2. The minimum absolute atomic E-state index is 0.00516. The Balaban J connectivity index is 1.46. The molecule has 1 aliphatic rings. The summed E-state index contributed by atoms with van der Waals surface area (Å²) in [6, 6.07) is 14.6. The van der Waals surface area contributed by atoms with Gasteiger partial charge in [0, 0.05) is 40.6 Å². The number of alkyl halides is 4. The number of para-hydroxylation sites is 1. The third-order valence-electron chi connectivity index (χ3n) is 5.98. The molecule has 3 aromatic rings. The van der Waals surface area contributed by atoms with Crippen molar-refractivity contribution in [3.05, 3.63) is 88.6 Å². The summed E-state index contributed by atoms with van der Waals surface area (Å²) in [5.41, 5.74) is 8.40. The monoisotopic (exact) mass is 609 g/mol. The first-order chi connectivity index (χ1) is 19.2. The molecule has 0 saturated heterocycles. The molecule has 0 bridgehead atoms. The predicted octanol–water partition coefficient (Wildman–Crippen LogP) is 6.07. The highest BCUT2D eigenvalue weighted by Gasteiger charge is 2.34. The van der Waals surface area contributed by atoms with Crippen molar-refractivity contribution in [3.8, 4) is 11.5 Å². The fourth-order valence-electron chi connectivity index (χ4n) is 3.99. The van der Waals surface area contributed by atoms with E-state index >= 15 is 0 Å². The van der Waals surface area contributed by atoms with E-state index in [-0.39, 0.29) is 12.4 Å². The fourth-order valence-corrected chi connectivity index (χ4v) is 4.38. The minimum atomic E-state index is -4.93. The van der Waals surface area contributed by atoms with Gasteiger partial charge in [-0.3, -0.25) is 4.79 Å². The number of esters is 1. The molecule has 3 N–H and O–H groups in total. The van der Waals surface area contributed by atoms with Crippen LogP contribution >= 0.6 is 23.2 Å². The van der Waals surface area contributed by atoms with Gasteiger partial charge in [0.2, 0.25) is 0 Å². The van der Waals surface area contributed by atoms with Crippen molar-refractivity contribution < 1.29 is 37.0 Å². The Bertz CT molecular complexity index is 1500. The van der Waals surface area contributed by atoms with E-state index in [0.717, 1.165) is 28.3 Å². The first kappa shape index (κ1) is 30.0. The molecule has 0 aliphatic carbocycles. The molecule has 0 aromatic heterocycles. The number of carbonyl (C=O) groups is 2. The number of hydrogen-bond donors (Lipinski definition) is 2. The van der Waals surface area contributed by atoms with Crippen molar-refractivity contribution in [2.75, 3.05) is 17.3 Å². The van der Waals surface area contributed by atoms with Crippen LogP contribution in [0, 0.1) is 0 Å². The van der Waals surface area contributed by atoms with Crippen molar-refractivity contribution >= 4 is 52.5 Å². The second-order valence-corrected chi connectivity index (χ2v) is 10.3. The van der Waals surface area contributed by atoms with E-state index in [4.69, 9.17) is 38.4 Å². The maximum absolute atomic E-state index is 13.1. The summed E-state index contributed by atoms with van der Waals surface area (Å²) in [5, 5.41) is 3.73. The number of amides is 1. The summed E-state index contributed by atoms with van der Waals surface area (Å²) in [7, 11) is 1.41. The van der Waals surface area contributed by atoms with Gasteiger partial charge in [0.25, 0.3) is 5.91 Å². The van der Waals surface area contributed by atoms with Crippen molar-refractivity contribution in [2.45, 2.75) is 30.9 Å². The van der Waals surface area contributed by atoms with E-state index in [2.05, 4.69) is 10.1 Å². The molecule has 2 atom stereocenters. The molecule has 41 heavy (non-hydrogen) atoms. The number of nitrogens with one attached hydrogen (secondary N) is 1. The average Bonchev–Trinajstić information content (AvgIpc) is 2.90. The Morgan fingerprint density at radius 2 is 1.78 bits per heavy atom. The van der Waals surface area contributed by atoms with Gasteiger partial charge in [-0.25, -0.2) is 4.79 Å². The molecular weight excluding hydrogens is 586 g/mol. The van der Waals surface area contributed by atoms with Crippen LogP contribution in [0.25, 0.3) is 6.08 Å². The van der Waals surface area contributed by atoms with Gasteiger partial charge < -0.3 is 30.2 Å². The van der Waals surface area contributed by atoms with Gasteiger partial charge in [-0.2, -0.15) is 0 Å². The normalized spacial score (nSPS) is 16.9. The van der Waals surface area contributed by atoms with Crippen LogP contribution in [0.1, 0.15) is 18.1 Å². The molecule has 1 heterocycles. The number of halogens is 5. The fraction of sp³-hybridized carbons (Fsp3) is 0.214. The minimum Gasteiger partial charge on any atom is -0.489 e. The Kier molecular flexibility index (Phi) is 8.71. The highest BCUT2D eigenvalue weighted by atomic mass is 35.5. The van der Waals surface area contributed by atoms with Crippen molar-refractivity contribution in [2.24, 2.45) is 5.73 Å². The molecule has 1 aliphatic heterocycles. The Labute approximate surface area is 243 Å². The lowest BCUT2D eigenvalue weighted by Crippen LogP contribution is -2.49. The Hall–Kier alpha value is -3.93. The molecule has 0 fully saturated rings. The lowest BCUT2D eigenvalue weighted by atomic mass is 10.0. The smallest absolute Gasteiger partial charge is 0.489 e. The number of benzene rings is 3. The highest BCUT2D eigenvalue weighted by molar-refractivity contribution is 6.31. The Morgan fingerprint density at radius 1 is 1.07 bits per heavy atom. The van der Waals surface area contributed by atoms with E-state index < -0.39 is 35.0 Å². The zero-order chi connectivity index (χ0) is 29.9. The van der Waals surface area contributed by atoms with E-state index in [1.807, 2.05) is 6.07 Å². The topological polar surface area (TPSA) is 103 Å². The van der Waals surface area contributed by atoms with Crippen LogP contribution in [0.5, 0.6) is 11.5 Å². The molecule has 3 aromatic carbocycles. The molecule has 4 rings (SSSR count). The third kappa shape index (κ3) is 7.43. The van der Waals surface area contributed by atoms with Crippen molar-refractivity contribution in [3.63, 3.8) is 0 Å². The molecule has 1 amide bonds. The summed E-state index contributed by atoms with van der Waals surface area (Å²) in [4.78, 5) is 25.8. The molecule has 2 unspecified atom stereocenters. The molecule has 0 spiro atoms. The molecule has 13 heteroatoms. The lowest BCUT2D eigenvalue weighted by molar-refractivity contribution is -0.274. The summed E-state index contributed by atoms with van der Waals surface area (Å²) < 4.78 is 52.4. The van der Waals surface area contributed by atoms with E-state index in [9.17, 15) is 22.8 Å². The number of carbonyl (C=O) groups excluding carboxylic acids is 2. The number of nitrogens with two attached hydrogens (primary N) is 1. The molecule has 216 valence electrons. The van der Waals surface area contributed by atoms with Crippen molar-refractivity contribution in [1.82, 2.24) is 0 Å². The van der Waals surface area contributed by atoms with Crippen LogP contribution < -0.4 is 25.4 Å². The number of rotatable bonds is 8.